The molecule has 138 valence electrons. The molecule has 1 saturated heterocycles. The summed E-state index contributed by atoms with van der Waals surface area (Å²) in [5.41, 5.74) is 0.478. The van der Waals surface area contributed by atoms with Crippen LogP contribution in [0.1, 0.15) is 29.6 Å². The summed E-state index contributed by atoms with van der Waals surface area (Å²) in [6, 6.07) is 9.12. The number of amides is 1. The maximum atomic E-state index is 13.0. The van der Waals surface area contributed by atoms with Crippen LogP contribution < -0.4 is 4.72 Å². The van der Waals surface area contributed by atoms with E-state index in [0.717, 1.165) is 31.4 Å². The summed E-state index contributed by atoms with van der Waals surface area (Å²) in [5, 5.41) is 0.00908. The van der Waals surface area contributed by atoms with Gasteiger partial charge in [0.15, 0.2) is 0 Å². The fourth-order valence-corrected chi connectivity index (χ4v) is 4.44. The van der Waals surface area contributed by atoms with E-state index in [1.165, 1.54) is 30.3 Å². The van der Waals surface area contributed by atoms with Crippen molar-refractivity contribution in [2.45, 2.75) is 24.2 Å². The van der Waals surface area contributed by atoms with Gasteiger partial charge in [0.2, 0.25) is 0 Å². The number of nitrogens with zero attached hydrogens (tertiary/aromatic N) is 1. The first kappa shape index (κ1) is 18.7. The van der Waals surface area contributed by atoms with Crippen molar-refractivity contribution in [1.82, 2.24) is 4.90 Å². The second-order valence-corrected chi connectivity index (χ2v) is 8.17. The molecule has 1 N–H and O–H groups in total. The van der Waals surface area contributed by atoms with Gasteiger partial charge in [-0.2, -0.15) is 0 Å². The number of nitrogens with one attached hydrogen (secondary N) is 1. The van der Waals surface area contributed by atoms with Crippen LogP contribution in [0.2, 0.25) is 5.02 Å². The van der Waals surface area contributed by atoms with Crippen LogP contribution in [-0.4, -0.2) is 32.3 Å². The third-order valence-corrected chi connectivity index (χ3v) is 6.07. The number of carbonyl (C=O) groups excluding carboxylic acids is 1. The van der Waals surface area contributed by atoms with Crippen molar-refractivity contribution in [2.75, 3.05) is 17.8 Å². The third kappa shape index (κ3) is 4.16. The predicted octanol–water partition coefficient (Wildman–Crippen LogP) is 3.91. The highest BCUT2D eigenvalue weighted by Crippen LogP contribution is 2.26. The van der Waals surface area contributed by atoms with E-state index in [1.54, 1.807) is 4.90 Å². The van der Waals surface area contributed by atoms with Crippen LogP contribution in [-0.2, 0) is 10.0 Å². The van der Waals surface area contributed by atoms with Crippen molar-refractivity contribution in [3.63, 3.8) is 0 Å². The summed E-state index contributed by atoms with van der Waals surface area (Å²) in [6.45, 7) is 1.33. The van der Waals surface area contributed by atoms with Crippen molar-refractivity contribution in [3.8, 4) is 0 Å². The molecule has 0 unspecified atom stereocenters. The molecule has 2 aromatic carbocycles. The maximum absolute atomic E-state index is 13.0. The van der Waals surface area contributed by atoms with Gasteiger partial charge in [-0.15, -0.1) is 0 Å². The summed E-state index contributed by atoms with van der Waals surface area (Å²) in [4.78, 5) is 14.1. The highest BCUT2D eigenvalue weighted by atomic mass is 35.5. The fourth-order valence-electron chi connectivity index (χ4n) is 2.85. The average molecular weight is 397 g/mol. The molecule has 0 aliphatic carbocycles. The van der Waals surface area contributed by atoms with Crippen molar-refractivity contribution in [3.05, 3.63) is 58.9 Å². The largest absolute Gasteiger partial charge is 0.339 e. The lowest BCUT2D eigenvalue weighted by Crippen LogP contribution is -2.35. The van der Waals surface area contributed by atoms with Gasteiger partial charge in [0.25, 0.3) is 15.9 Å². The Labute approximate surface area is 156 Å². The van der Waals surface area contributed by atoms with E-state index in [-0.39, 0.29) is 27.1 Å². The van der Waals surface area contributed by atoms with E-state index in [2.05, 4.69) is 4.72 Å². The number of anilines is 1. The second-order valence-electron chi connectivity index (χ2n) is 6.11. The van der Waals surface area contributed by atoms with Gasteiger partial charge < -0.3 is 4.90 Å². The SMILES string of the molecule is O=C(c1ccc(Cl)c(S(=O)(=O)Nc2ccc(F)cc2)c1)N1CCCCC1. The number of likely N-dealkylation sites (tertiary alicyclic amines) is 1. The number of sulfonamides is 1. The number of rotatable bonds is 4. The highest BCUT2D eigenvalue weighted by Gasteiger charge is 2.23. The number of piperidine rings is 1. The Bertz CT molecular complexity index is 911. The maximum Gasteiger partial charge on any atom is 0.263 e. The quantitative estimate of drug-likeness (QED) is 0.852. The lowest BCUT2D eigenvalue weighted by molar-refractivity contribution is 0.0724. The monoisotopic (exact) mass is 396 g/mol. The molecule has 0 bridgehead atoms. The third-order valence-electron chi connectivity index (χ3n) is 4.21. The van der Waals surface area contributed by atoms with Gasteiger partial charge in [-0.05, 0) is 61.7 Å². The van der Waals surface area contributed by atoms with E-state index in [4.69, 9.17) is 11.6 Å². The summed E-state index contributed by atoms with van der Waals surface area (Å²) in [7, 11) is -4.02. The molecule has 0 saturated carbocycles. The minimum Gasteiger partial charge on any atom is -0.339 e. The number of carbonyl (C=O) groups is 1. The Morgan fingerprint density at radius 2 is 1.69 bits per heavy atom. The Morgan fingerprint density at radius 1 is 1.04 bits per heavy atom. The molecular weight excluding hydrogens is 379 g/mol. The normalized spacial score (nSPS) is 14.9. The summed E-state index contributed by atoms with van der Waals surface area (Å²) >= 11 is 6.06. The lowest BCUT2D eigenvalue weighted by atomic mass is 10.1. The summed E-state index contributed by atoms with van der Waals surface area (Å²) in [5.74, 6) is -0.681. The number of benzene rings is 2. The minimum atomic E-state index is -4.02. The Morgan fingerprint density at radius 3 is 2.35 bits per heavy atom. The van der Waals surface area contributed by atoms with Crippen LogP contribution in [0.3, 0.4) is 0 Å². The lowest BCUT2D eigenvalue weighted by Gasteiger charge is -2.27. The molecule has 1 fully saturated rings. The van der Waals surface area contributed by atoms with Crippen molar-refractivity contribution >= 4 is 33.2 Å². The highest BCUT2D eigenvalue weighted by molar-refractivity contribution is 7.92. The zero-order valence-corrected chi connectivity index (χ0v) is 15.5. The number of hydrogen-bond donors (Lipinski definition) is 1. The zero-order valence-electron chi connectivity index (χ0n) is 13.9. The molecule has 0 radical (unpaired) electrons. The van der Waals surface area contributed by atoms with Crippen LogP contribution in [0.25, 0.3) is 0 Å². The van der Waals surface area contributed by atoms with E-state index < -0.39 is 15.8 Å². The van der Waals surface area contributed by atoms with E-state index >= 15 is 0 Å². The molecule has 0 aromatic heterocycles. The Balaban J connectivity index is 1.88. The van der Waals surface area contributed by atoms with E-state index in [9.17, 15) is 17.6 Å². The average Bonchev–Trinajstić information content (AvgIpc) is 2.64. The fraction of sp³-hybridized carbons (Fsp3) is 0.278. The molecule has 8 heteroatoms. The van der Waals surface area contributed by atoms with Gasteiger partial charge in [-0.25, -0.2) is 12.8 Å². The molecule has 26 heavy (non-hydrogen) atoms. The van der Waals surface area contributed by atoms with Crippen molar-refractivity contribution < 1.29 is 17.6 Å². The molecule has 1 amide bonds. The molecule has 1 heterocycles. The minimum absolute atomic E-state index is 0.00908. The molecule has 2 aromatic rings. The second kappa shape index (κ2) is 7.63. The van der Waals surface area contributed by atoms with Gasteiger partial charge in [0.05, 0.1) is 5.02 Å². The van der Waals surface area contributed by atoms with Crippen molar-refractivity contribution in [1.29, 1.82) is 0 Å². The van der Waals surface area contributed by atoms with Crippen LogP contribution >= 0.6 is 11.6 Å². The topological polar surface area (TPSA) is 66.5 Å². The van der Waals surface area contributed by atoms with Crippen LogP contribution in [0.15, 0.2) is 47.4 Å². The first-order valence-electron chi connectivity index (χ1n) is 8.24. The smallest absolute Gasteiger partial charge is 0.263 e. The predicted molar refractivity (Wildman–Crippen MR) is 98.4 cm³/mol. The van der Waals surface area contributed by atoms with Gasteiger partial charge in [-0.1, -0.05) is 11.6 Å². The van der Waals surface area contributed by atoms with Crippen LogP contribution in [0.4, 0.5) is 10.1 Å². The molecular formula is C18H18ClFN2O3S. The molecule has 5 nitrogen and oxygen atoms in total. The van der Waals surface area contributed by atoms with Crippen LogP contribution in [0, 0.1) is 5.82 Å². The number of hydrogen-bond acceptors (Lipinski definition) is 3. The summed E-state index contributed by atoms with van der Waals surface area (Å²) < 4.78 is 40.6. The van der Waals surface area contributed by atoms with Gasteiger partial charge in [0, 0.05) is 24.3 Å². The Hall–Kier alpha value is -2.12. The van der Waals surface area contributed by atoms with Crippen molar-refractivity contribution in [2.24, 2.45) is 0 Å². The molecule has 1 aliphatic rings. The van der Waals surface area contributed by atoms with Gasteiger partial charge in [-0.3, -0.25) is 9.52 Å². The molecule has 1 aliphatic heterocycles. The summed E-state index contributed by atoms with van der Waals surface area (Å²) in [6.07, 6.45) is 2.97. The van der Waals surface area contributed by atoms with Gasteiger partial charge in [0.1, 0.15) is 10.7 Å². The first-order valence-corrected chi connectivity index (χ1v) is 10.1. The zero-order chi connectivity index (χ0) is 18.7. The number of halogens is 2. The van der Waals surface area contributed by atoms with Crippen LogP contribution in [0.5, 0.6) is 0 Å². The Kier molecular flexibility index (Phi) is 5.48. The standard InChI is InChI=1S/C18H18ClFN2O3S/c19-16-9-4-13(18(23)22-10-2-1-3-11-22)12-17(16)26(24,25)21-15-7-5-14(20)6-8-15/h4-9,12,21H,1-3,10-11H2. The first-order chi connectivity index (χ1) is 12.4. The van der Waals surface area contributed by atoms with E-state index in [0.29, 0.717) is 13.1 Å². The molecule has 0 atom stereocenters. The molecule has 0 spiro atoms. The molecule has 3 rings (SSSR count). The van der Waals surface area contributed by atoms with Gasteiger partial charge >= 0.3 is 0 Å². The van der Waals surface area contributed by atoms with E-state index in [1.807, 2.05) is 0 Å².